The number of hydrogen-bond donors (Lipinski definition) is 0. The van der Waals surface area contributed by atoms with Crippen LogP contribution in [0.2, 0.25) is 5.15 Å². The third-order valence-electron chi connectivity index (χ3n) is 2.67. The number of hydrogen-bond acceptors (Lipinski definition) is 4. The second-order valence-corrected chi connectivity index (χ2v) is 4.62. The minimum Gasteiger partial charge on any atom is -0.378 e. The molecule has 0 N–H and O–H groups in total. The Balaban J connectivity index is 2.43. The molecule has 0 spiro atoms. The van der Waals surface area contributed by atoms with E-state index in [1.807, 2.05) is 43.3 Å². The van der Waals surface area contributed by atoms with Gasteiger partial charge in [0.05, 0.1) is 16.7 Å². The fourth-order valence-corrected chi connectivity index (χ4v) is 1.87. The van der Waals surface area contributed by atoms with Gasteiger partial charge in [0, 0.05) is 31.4 Å². The molecule has 0 saturated heterocycles. The highest BCUT2D eigenvalue weighted by Gasteiger charge is 2.11. The van der Waals surface area contributed by atoms with E-state index in [4.69, 9.17) is 11.6 Å². The summed E-state index contributed by atoms with van der Waals surface area (Å²) in [5.41, 5.74) is 2.26. The standard InChI is InChI=1S/C13H12ClN3O2/c1-16(2)10-5-3-9(4-6-10)12-7-11(17(18)19)8-13(14)15-12/h3-8H,1-2H3. The van der Waals surface area contributed by atoms with Crippen molar-refractivity contribution in [3.05, 3.63) is 51.7 Å². The Kier molecular flexibility index (Phi) is 3.66. The summed E-state index contributed by atoms with van der Waals surface area (Å²) in [6.07, 6.45) is 0. The van der Waals surface area contributed by atoms with Crippen LogP contribution >= 0.6 is 11.6 Å². The summed E-state index contributed by atoms with van der Waals surface area (Å²) in [5, 5.41) is 10.9. The quantitative estimate of drug-likeness (QED) is 0.490. The van der Waals surface area contributed by atoms with Crippen molar-refractivity contribution >= 4 is 23.0 Å². The Hall–Kier alpha value is -2.14. The first-order valence-corrected chi connectivity index (χ1v) is 5.95. The summed E-state index contributed by atoms with van der Waals surface area (Å²) in [6.45, 7) is 0. The fraction of sp³-hybridized carbons (Fsp3) is 0.154. The van der Waals surface area contributed by atoms with E-state index in [0.29, 0.717) is 5.69 Å². The van der Waals surface area contributed by atoms with Crippen molar-refractivity contribution in [1.82, 2.24) is 4.98 Å². The SMILES string of the molecule is CN(C)c1ccc(-c2cc([N+](=O)[O-])cc(Cl)n2)cc1. The van der Waals surface area contributed by atoms with Crippen LogP contribution in [0.3, 0.4) is 0 Å². The first-order chi connectivity index (χ1) is 8.97. The molecule has 0 saturated carbocycles. The Labute approximate surface area is 115 Å². The third-order valence-corrected chi connectivity index (χ3v) is 2.86. The Morgan fingerprint density at radius 2 is 1.84 bits per heavy atom. The zero-order valence-electron chi connectivity index (χ0n) is 10.5. The molecule has 0 amide bonds. The summed E-state index contributed by atoms with van der Waals surface area (Å²) in [6, 6.07) is 10.2. The molecule has 0 radical (unpaired) electrons. The molecular weight excluding hydrogens is 266 g/mol. The number of halogens is 1. The molecular formula is C13H12ClN3O2. The molecule has 1 aromatic carbocycles. The lowest BCUT2D eigenvalue weighted by molar-refractivity contribution is -0.384. The van der Waals surface area contributed by atoms with Crippen molar-refractivity contribution in [2.45, 2.75) is 0 Å². The van der Waals surface area contributed by atoms with Crippen molar-refractivity contribution in [1.29, 1.82) is 0 Å². The normalized spacial score (nSPS) is 10.3. The van der Waals surface area contributed by atoms with Gasteiger partial charge >= 0.3 is 0 Å². The molecule has 1 aromatic heterocycles. The monoisotopic (exact) mass is 277 g/mol. The molecule has 0 aliphatic carbocycles. The molecule has 0 aliphatic rings. The van der Waals surface area contributed by atoms with Crippen LogP contribution < -0.4 is 4.90 Å². The van der Waals surface area contributed by atoms with E-state index in [9.17, 15) is 10.1 Å². The van der Waals surface area contributed by atoms with Crippen molar-refractivity contribution in [3.63, 3.8) is 0 Å². The van der Waals surface area contributed by atoms with Gasteiger partial charge in [-0.15, -0.1) is 0 Å². The summed E-state index contributed by atoms with van der Waals surface area (Å²) in [7, 11) is 3.88. The number of nitro groups is 1. The predicted octanol–water partition coefficient (Wildman–Crippen LogP) is 3.38. The van der Waals surface area contributed by atoms with E-state index in [2.05, 4.69) is 4.98 Å². The molecule has 0 fully saturated rings. The van der Waals surface area contributed by atoms with Gasteiger partial charge in [-0.1, -0.05) is 23.7 Å². The van der Waals surface area contributed by atoms with E-state index >= 15 is 0 Å². The summed E-state index contributed by atoms with van der Waals surface area (Å²) in [5.74, 6) is 0. The molecule has 1 heterocycles. The average molecular weight is 278 g/mol. The molecule has 2 aromatic rings. The zero-order chi connectivity index (χ0) is 14.0. The number of benzene rings is 1. The third kappa shape index (κ3) is 3.00. The molecule has 0 unspecified atom stereocenters. The maximum absolute atomic E-state index is 10.8. The van der Waals surface area contributed by atoms with Gasteiger partial charge in [-0.2, -0.15) is 0 Å². The van der Waals surface area contributed by atoms with Gasteiger partial charge in [0.25, 0.3) is 5.69 Å². The smallest absolute Gasteiger partial charge is 0.274 e. The van der Waals surface area contributed by atoms with Gasteiger partial charge in [-0.05, 0) is 12.1 Å². The molecule has 0 aliphatic heterocycles. The van der Waals surface area contributed by atoms with E-state index < -0.39 is 4.92 Å². The van der Waals surface area contributed by atoms with Crippen molar-refractivity contribution < 1.29 is 4.92 Å². The van der Waals surface area contributed by atoms with Crippen molar-refractivity contribution in [2.24, 2.45) is 0 Å². The molecule has 98 valence electrons. The number of aromatic nitrogens is 1. The van der Waals surface area contributed by atoms with E-state index in [0.717, 1.165) is 11.3 Å². The van der Waals surface area contributed by atoms with Gasteiger partial charge in [0.1, 0.15) is 5.15 Å². The lowest BCUT2D eigenvalue weighted by Gasteiger charge is -2.12. The average Bonchev–Trinajstić information content (AvgIpc) is 2.38. The van der Waals surface area contributed by atoms with Crippen LogP contribution in [0.4, 0.5) is 11.4 Å². The molecule has 19 heavy (non-hydrogen) atoms. The Morgan fingerprint density at radius 1 is 1.21 bits per heavy atom. The Morgan fingerprint density at radius 3 is 2.37 bits per heavy atom. The minimum atomic E-state index is -0.481. The number of nitrogens with zero attached hydrogens (tertiary/aromatic N) is 3. The summed E-state index contributed by atoms with van der Waals surface area (Å²) >= 11 is 5.80. The van der Waals surface area contributed by atoms with Crippen molar-refractivity contribution in [2.75, 3.05) is 19.0 Å². The van der Waals surface area contributed by atoms with Gasteiger partial charge in [-0.25, -0.2) is 4.98 Å². The Bertz CT molecular complexity index is 612. The molecule has 2 rings (SSSR count). The van der Waals surface area contributed by atoms with Gasteiger partial charge in [-0.3, -0.25) is 10.1 Å². The van der Waals surface area contributed by atoms with Gasteiger partial charge in [0.15, 0.2) is 0 Å². The van der Waals surface area contributed by atoms with Crippen molar-refractivity contribution in [3.8, 4) is 11.3 Å². The molecule has 6 heteroatoms. The summed E-state index contributed by atoms with van der Waals surface area (Å²) in [4.78, 5) is 16.4. The van der Waals surface area contributed by atoms with Crippen LogP contribution in [-0.4, -0.2) is 24.0 Å². The number of pyridine rings is 1. The van der Waals surface area contributed by atoms with Gasteiger partial charge in [0.2, 0.25) is 0 Å². The highest BCUT2D eigenvalue weighted by Crippen LogP contribution is 2.26. The number of rotatable bonds is 3. The highest BCUT2D eigenvalue weighted by molar-refractivity contribution is 6.29. The van der Waals surface area contributed by atoms with Gasteiger partial charge < -0.3 is 4.90 Å². The summed E-state index contributed by atoms with van der Waals surface area (Å²) < 4.78 is 0. The zero-order valence-corrected chi connectivity index (χ0v) is 11.3. The minimum absolute atomic E-state index is 0.0633. The van der Waals surface area contributed by atoms with Crippen LogP contribution in [0.15, 0.2) is 36.4 Å². The molecule has 0 bridgehead atoms. The largest absolute Gasteiger partial charge is 0.378 e. The van der Waals surface area contributed by atoms with Crippen LogP contribution in [0.1, 0.15) is 0 Å². The predicted molar refractivity (Wildman–Crippen MR) is 75.7 cm³/mol. The maximum Gasteiger partial charge on any atom is 0.274 e. The van der Waals surface area contributed by atoms with E-state index in [-0.39, 0.29) is 10.8 Å². The maximum atomic E-state index is 10.8. The topological polar surface area (TPSA) is 59.3 Å². The molecule has 5 nitrogen and oxygen atoms in total. The fourth-order valence-electron chi connectivity index (χ4n) is 1.67. The molecule has 0 atom stereocenters. The van der Waals surface area contributed by atoms with Crippen LogP contribution in [0.5, 0.6) is 0 Å². The number of anilines is 1. The first kappa shape index (κ1) is 13.3. The van der Waals surface area contributed by atoms with Crippen LogP contribution in [0, 0.1) is 10.1 Å². The van der Waals surface area contributed by atoms with Crippen LogP contribution in [-0.2, 0) is 0 Å². The lowest BCUT2D eigenvalue weighted by atomic mass is 10.1. The second-order valence-electron chi connectivity index (χ2n) is 4.23. The van der Waals surface area contributed by atoms with E-state index in [1.165, 1.54) is 12.1 Å². The van der Waals surface area contributed by atoms with Crippen LogP contribution in [0.25, 0.3) is 11.3 Å². The highest BCUT2D eigenvalue weighted by atomic mass is 35.5. The first-order valence-electron chi connectivity index (χ1n) is 5.57. The van der Waals surface area contributed by atoms with E-state index in [1.54, 1.807) is 0 Å². The lowest BCUT2D eigenvalue weighted by Crippen LogP contribution is -2.07. The second kappa shape index (κ2) is 5.24.